The van der Waals surface area contributed by atoms with Crippen LogP contribution in [0, 0.1) is 13.8 Å². The summed E-state index contributed by atoms with van der Waals surface area (Å²) in [7, 11) is 0. The standard InChI is InChI=1S/C7H9NO3/c1-4-3-6(8-5(4)2)11-7(9)10/h3,8H,1-2H3,(H,9,10). The molecule has 2 N–H and O–H groups in total. The number of aromatic nitrogens is 1. The maximum absolute atomic E-state index is 10.0. The molecule has 0 aliphatic carbocycles. The third-order valence-corrected chi connectivity index (χ3v) is 1.45. The van der Waals surface area contributed by atoms with Gasteiger partial charge in [-0.05, 0) is 19.4 Å². The molecule has 0 saturated carbocycles. The van der Waals surface area contributed by atoms with Gasteiger partial charge in [-0.25, -0.2) is 4.79 Å². The van der Waals surface area contributed by atoms with Gasteiger partial charge in [-0.3, -0.25) is 0 Å². The van der Waals surface area contributed by atoms with Gasteiger partial charge < -0.3 is 14.8 Å². The molecule has 0 aliphatic rings. The van der Waals surface area contributed by atoms with E-state index in [-0.39, 0.29) is 5.88 Å². The predicted molar refractivity (Wildman–Crippen MR) is 38.9 cm³/mol. The van der Waals surface area contributed by atoms with Crippen LogP contribution in [0.3, 0.4) is 0 Å². The summed E-state index contributed by atoms with van der Waals surface area (Å²) in [5, 5.41) is 8.22. The molecule has 60 valence electrons. The summed E-state index contributed by atoms with van der Waals surface area (Å²) in [4.78, 5) is 12.8. The summed E-state index contributed by atoms with van der Waals surface area (Å²) in [5.41, 5.74) is 1.91. The van der Waals surface area contributed by atoms with E-state index in [4.69, 9.17) is 5.11 Å². The van der Waals surface area contributed by atoms with Gasteiger partial charge in [0.05, 0.1) is 0 Å². The number of carboxylic acid groups (broad SMARTS) is 1. The van der Waals surface area contributed by atoms with Gasteiger partial charge in [0.15, 0.2) is 0 Å². The van der Waals surface area contributed by atoms with Crippen LogP contribution in [0.5, 0.6) is 5.88 Å². The minimum Gasteiger partial charge on any atom is -0.449 e. The highest BCUT2D eigenvalue weighted by Gasteiger charge is 2.04. The Hall–Kier alpha value is -1.45. The highest BCUT2D eigenvalue weighted by Crippen LogP contribution is 2.14. The van der Waals surface area contributed by atoms with E-state index in [2.05, 4.69) is 9.72 Å². The van der Waals surface area contributed by atoms with E-state index in [1.807, 2.05) is 13.8 Å². The second-order valence-corrected chi connectivity index (χ2v) is 2.31. The van der Waals surface area contributed by atoms with Gasteiger partial charge in [0.2, 0.25) is 5.88 Å². The SMILES string of the molecule is Cc1cc(OC(=O)O)[nH]c1C. The van der Waals surface area contributed by atoms with Crippen LogP contribution in [-0.2, 0) is 0 Å². The molecule has 0 aliphatic heterocycles. The summed E-state index contributed by atoms with van der Waals surface area (Å²) in [6.07, 6.45) is -1.30. The molecule has 1 rings (SSSR count). The molecule has 0 saturated heterocycles. The molecule has 11 heavy (non-hydrogen) atoms. The molecule has 0 amide bonds. The normalized spacial score (nSPS) is 9.64. The molecule has 0 spiro atoms. The maximum atomic E-state index is 10.0. The summed E-state index contributed by atoms with van der Waals surface area (Å²) < 4.78 is 4.38. The van der Waals surface area contributed by atoms with E-state index in [9.17, 15) is 4.79 Å². The number of rotatable bonds is 1. The fraction of sp³-hybridized carbons (Fsp3) is 0.286. The smallest absolute Gasteiger partial charge is 0.449 e. The topological polar surface area (TPSA) is 62.3 Å². The molecule has 4 nitrogen and oxygen atoms in total. The minimum atomic E-state index is -1.30. The van der Waals surface area contributed by atoms with Crippen LogP contribution in [0.1, 0.15) is 11.3 Å². The second-order valence-electron chi connectivity index (χ2n) is 2.31. The summed E-state index contributed by atoms with van der Waals surface area (Å²) in [6, 6.07) is 1.64. The fourth-order valence-electron chi connectivity index (χ4n) is 0.773. The van der Waals surface area contributed by atoms with Gasteiger partial charge in [-0.15, -0.1) is 0 Å². The first-order valence-electron chi connectivity index (χ1n) is 3.16. The van der Waals surface area contributed by atoms with Crippen LogP contribution in [0.2, 0.25) is 0 Å². The largest absolute Gasteiger partial charge is 0.512 e. The molecule has 0 bridgehead atoms. The zero-order valence-electron chi connectivity index (χ0n) is 6.34. The Morgan fingerprint density at radius 2 is 2.27 bits per heavy atom. The molecule has 1 aromatic heterocycles. The van der Waals surface area contributed by atoms with Crippen molar-refractivity contribution < 1.29 is 14.6 Å². The van der Waals surface area contributed by atoms with Crippen LogP contribution in [0.15, 0.2) is 6.07 Å². The van der Waals surface area contributed by atoms with E-state index in [1.54, 1.807) is 6.07 Å². The van der Waals surface area contributed by atoms with Crippen molar-refractivity contribution in [1.29, 1.82) is 0 Å². The average molecular weight is 155 g/mol. The van der Waals surface area contributed by atoms with Crippen LogP contribution < -0.4 is 4.74 Å². The molecule has 0 radical (unpaired) electrons. The predicted octanol–water partition coefficient (Wildman–Crippen LogP) is 1.69. The first-order valence-corrected chi connectivity index (χ1v) is 3.16. The van der Waals surface area contributed by atoms with Crippen LogP contribution >= 0.6 is 0 Å². The number of H-pyrrole nitrogens is 1. The molecule has 1 aromatic rings. The fourth-order valence-corrected chi connectivity index (χ4v) is 0.773. The molecule has 1 heterocycles. The molecule has 4 heteroatoms. The van der Waals surface area contributed by atoms with E-state index >= 15 is 0 Å². The summed E-state index contributed by atoms with van der Waals surface area (Å²) in [6.45, 7) is 3.73. The average Bonchev–Trinajstić information content (AvgIpc) is 2.10. The first-order chi connectivity index (χ1) is 5.09. The minimum absolute atomic E-state index is 0.271. The molecule has 0 fully saturated rings. The Balaban J connectivity index is 2.81. The Labute approximate surface area is 63.8 Å². The maximum Gasteiger partial charge on any atom is 0.512 e. The summed E-state index contributed by atoms with van der Waals surface area (Å²) >= 11 is 0. The second kappa shape index (κ2) is 2.65. The number of hydrogen-bond acceptors (Lipinski definition) is 2. The van der Waals surface area contributed by atoms with Crippen LogP contribution in [0.25, 0.3) is 0 Å². The Morgan fingerprint density at radius 1 is 1.64 bits per heavy atom. The Morgan fingerprint density at radius 3 is 2.64 bits per heavy atom. The zero-order valence-corrected chi connectivity index (χ0v) is 6.34. The third-order valence-electron chi connectivity index (χ3n) is 1.45. The molecule has 0 unspecified atom stereocenters. The van der Waals surface area contributed by atoms with Crippen molar-refractivity contribution in [3.05, 3.63) is 17.3 Å². The summed E-state index contributed by atoms with van der Waals surface area (Å²) in [5.74, 6) is 0.271. The van der Waals surface area contributed by atoms with E-state index in [0.29, 0.717) is 0 Å². The van der Waals surface area contributed by atoms with Crippen molar-refractivity contribution in [3.8, 4) is 5.88 Å². The lowest BCUT2D eigenvalue weighted by atomic mass is 10.3. The van der Waals surface area contributed by atoms with Crippen molar-refractivity contribution in [2.45, 2.75) is 13.8 Å². The lowest BCUT2D eigenvalue weighted by molar-refractivity contribution is 0.143. The molecule has 0 aromatic carbocycles. The zero-order chi connectivity index (χ0) is 8.43. The third kappa shape index (κ3) is 1.73. The number of hydrogen-bond donors (Lipinski definition) is 2. The molecular formula is C7H9NO3. The monoisotopic (exact) mass is 155 g/mol. The van der Waals surface area contributed by atoms with E-state index in [1.165, 1.54) is 0 Å². The number of carbonyl (C=O) groups is 1. The van der Waals surface area contributed by atoms with E-state index in [0.717, 1.165) is 11.3 Å². The van der Waals surface area contributed by atoms with Crippen molar-refractivity contribution in [2.75, 3.05) is 0 Å². The van der Waals surface area contributed by atoms with Crippen LogP contribution in [-0.4, -0.2) is 16.2 Å². The lowest BCUT2D eigenvalue weighted by Crippen LogP contribution is -2.02. The van der Waals surface area contributed by atoms with Gasteiger partial charge >= 0.3 is 6.16 Å². The van der Waals surface area contributed by atoms with Gasteiger partial charge in [-0.2, -0.15) is 0 Å². The number of aryl methyl sites for hydroxylation is 2. The van der Waals surface area contributed by atoms with Crippen LogP contribution in [0.4, 0.5) is 4.79 Å². The van der Waals surface area contributed by atoms with Crippen molar-refractivity contribution in [3.63, 3.8) is 0 Å². The van der Waals surface area contributed by atoms with Gasteiger partial charge in [-0.1, -0.05) is 0 Å². The van der Waals surface area contributed by atoms with Crippen molar-refractivity contribution in [2.24, 2.45) is 0 Å². The highest BCUT2D eigenvalue weighted by atomic mass is 16.7. The Bertz CT molecular complexity index is 258. The van der Waals surface area contributed by atoms with Gasteiger partial charge in [0.25, 0.3) is 0 Å². The van der Waals surface area contributed by atoms with Gasteiger partial charge in [0, 0.05) is 11.8 Å². The van der Waals surface area contributed by atoms with Crippen molar-refractivity contribution in [1.82, 2.24) is 4.98 Å². The quantitative estimate of drug-likeness (QED) is 0.606. The number of aromatic amines is 1. The van der Waals surface area contributed by atoms with Gasteiger partial charge in [0.1, 0.15) is 0 Å². The van der Waals surface area contributed by atoms with Crippen molar-refractivity contribution >= 4 is 6.16 Å². The first kappa shape index (κ1) is 7.65. The highest BCUT2D eigenvalue weighted by molar-refractivity contribution is 5.60. The number of ether oxygens (including phenoxy) is 1. The van der Waals surface area contributed by atoms with E-state index < -0.39 is 6.16 Å². The Kier molecular flexibility index (Phi) is 1.85. The number of nitrogens with one attached hydrogen (secondary N) is 1. The lowest BCUT2D eigenvalue weighted by Gasteiger charge is -1.92. The molecular weight excluding hydrogens is 146 g/mol. The molecule has 0 atom stereocenters.